The van der Waals surface area contributed by atoms with Crippen LogP contribution in [0.1, 0.15) is 25.3 Å². The Kier molecular flexibility index (Phi) is 2.65. The van der Waals surface area contributed by atoms with Gasteiger partial charge in [0.15, 0.2) is 0 Å². The van der Waals surface area contributed by atoms with Gasteiger partial charge in [-0.05, 0) is 19.8 Å². The van der Waals surface area contributed by atoms with Gasteiger partial charge in [-0.1, -0.05) is 0 Å². The summed E-state index contributed by atoms with van der Waals surface area (Å²) in [7, 11) is 2.81. The van der Waals surface area contributed by atoms with Crippen molar-refractivity contribution in [3.8, 4) is 5.88 Å². The smallest absolute Gasteiger partial charge is 0.333 e. The SMILES string of the molecule is CC(=NC1CC1)c1c(O)n(C)c(=O)n(C)c1=O. The van der Waals surface area contributed by atoms with E-state index in [0.717, 1.165) is 22.0 Å². The number of aromatic hydroxyl groups is 1. The number of hydrogen-bond acceptors (Lipinski definition) is 4. The Labute approximate surface area is 97.9 Å². The van der Waals surface area contributed by atoms with Gasteiger partial charge in [0.05, 0.1) is 11.8 Å². The third-order valence-electron chi connectivity index (χ3n) is 2.92. The van der Waals surface area contributed by atoms with E-state index in [9.17, 15) is 14.7 Å². The minimum atomic E-state index is -0.546. The van der Waals surface area contributed by atoms with Crippen molar-refractivity contribution in [2.24, 2.45) is 19.1 Å². The third-order valence-corrected chi connectivity index (χ3v) is 2.92. The van der Waals surface area contributed by atoms with Gasteiger partial charge in [-0.2, -0.15) is 0 Å². The van der Waals surface area contributed by atoms with E-state index >= 15 is 0 Å². The number of nitrogens with zero attached hydrogens (tertiary/aromatic N) is 3. The standard InChI is InChI=1S/C11H15N3O3/c1-6(12-7-4-5-7)8-9(15)13(2)11(17)14(3)10(8)16/h7,15H,4-5H2,1-3H3. The van der Waals surface area contributed by atoms with Gasteiger partial charge in [-0.3, -0.25) is 18.9 Å². The topological polar surface area (TPSA) is 76.6 Å². The quantitative estimate of drug-likeness (QED) is 0.721. The molecule has 0 amide bonds. The fraction of sp³-hybridized carbons (Fsp3) is 0.545. The maximum atomic E-state index is 11.9. The van der Waals surface area contributed by atoms with Gasteiger partial charge in [-0.25, -0.2) is 4.79 Å². The second-order valence-corrected chi connectivity index (χ2v) is 4.35. The van der Waals surface area contributed by atoms with Crippen LogP contribution < -0.4 is 11.2 Å². The van der Waals surface area contributed by atoms with Gasteiger partial charge in [0.25, 0.3) is 5.56 Å². The van der Waals surface area contributed by atoms with Gasteiger partial charge < -0.3 is 5.11 Å². The Morgan fingerprint density at radius 2 is 1.88 bits per heavy atom. The number of hydrogen-bond donors (Lipinski definition) is 1. The average molecular weight is 237 g/mol. The molecule has 92 valence electrons. The molecule has 17 heavy (non-hydrogen) atoms. The van der Waals surface area contributed by atoms with E-state index in [-0.39, 0.29) is 17.5 Å². The van der Waals surface area contributed by atoms with Crippen LogP contribution in [0.3, 0.4) is 0 Å². The van der Waals surface area contributed by atoms with Crippen LogP contribution in [0.5, 0.6) is 5.88 Å². The van der Waals surface area contributed by atoms with Gasteiger partial charge in [0.1, 0.15) is 5.56 Å². The molecule has 1 N–H and O–H groups in total. The lowest BCUT2D eigenvalue weighted by atomic mass is 10.2. The summed E-state index contributed by atoms with van der Waals surface area (Å²) in [5, 5.41) is 9.86. The van der Waals surface area contributed by atoms with Crippen LogP contribution >= 0.6 is 0 Å². The van der Waals surface area contributed by atoms with Crippen LogP contribution in [0.4, 0.5) is 0 Å². The Morgan fingerprint density at radius 1 is 1.29 bits per heavy atom. The zero-order valence-electron chi connectivity index (χ0n) is 10.1. The minimum absolute atomic E-state index is 0.113. The normalized spacial score (nSPS) is 16.3. The van der Waals surface area contributed by atoms with E-state index in [1.54, 1.807) is 6.92 Å². The van der Waals surface area contributed by atoms with Crippen molar-refractivity contribution in [2.45, 2.75) is 25.8 Å². The monoisotopic (exact) mass is 237 g/mol. The highest BCUT2D eigenvalue weighted by atomic mass is 16.3. The molecular weight excluding hydrogens is 222 g/mol. The number of rotatable bonds is 2. The molecule has 1 fully saturated rings. The highest BCUT2D eigenvalue weighted by molar-refractivity contribution is 6.00. The fourth-order valence-electron chi connectivity index (χ4n) is 1.69. The predicted molar refractivity (Wildman–Crippen MR) is 63.8 cm³/mol. The molecule has 0 aromatic carbocycles. The average Bonchev–Trinajstić information content (AvgIpc) is 3.08. The Bertz CT molecular complexity index is 606. The largest absolute Gasteiger partial charge is 0.494 e. The first-order valence-electron chi connectivity index (χ1n) is 5.47. The molecular formula is C11H15N3O3. The summed E-state index contributed by atoms with van der Waals surface area (Å²) >= 11 is 0. The molecule has 0 unspecified atom stereocenters. The van der Waals surface area contributed by atoms with Crippen LogP contribution in [0.15, 0.2) is 14.6 Å². The van der Waals surface area contributed by atoms with E-state index in [0.29, 0.717) is 5.71 Å². The minimum Gasteiger partial charge on any atom is -0.494 e. The van der Waals surface area contributed by atoms with Crippen LogP contribution in [-0.4, -0.2) is 26.0 Å². The highest BCUT2D eigenvalue weighted by Gasteiger charge is 2.23. The maximum absolute atomic E-state index is 11.9. The van der Waals surface area contributed by atoms with Crippen molar-refractivity contribution in [1.82, 2.24) is 9.13 Å². The Morgan fingerprint density at radius 3 is 2.41 bits per heavy atom. The molecule has 0 aliphatic heterocycles. The summed E-state index contributed by atoms with van der Waals surface area (Å²) in [4.78, 5) is 27.8. The van der Waals surface area contributed by atoms with E-state index < -0.39 is 11.2 Å². The molecule has 1 aliphatic carbocycles. The van der Waals surface area contributed by atoms with Crippen molar-refractivity contribution in [1.29, 1.82) is 0 Å². The van der Waals surface area contributed by atoms with Crippen LogP contribution in [-0.2, 0) is 14.1 Å². The van der Waals surface area contributed by atoms with Gasteiger partial charge >= 0.3 is 5.69 Å². The summed E-state index contributed by atoms with van der Waals surface area (Å²) in [5.74, 6) is -0.319. The first-order valence-corrected chi connectivity index (χ1v) is 5.47. The summed E-state index contributed by atoms with van der Waals surface area (Å²) in [6, 6.07) is 0.261. The van der Waals surface area contributed by atoms with Crippen LogP contribution in [0.25, 0.3) is 0 Å². The molecule has 1 aliphatic rings. The van der Waals surface area contributed by atoms with E-state index in [1.807, 2.05) is 0 Å². The Balaban J connectivity index is 2.69. The first kappa shape index (κ1) is 11.6. The molecule has 6 heteroatoms. The summed E-state index contributed by atoms with van der Waals surface area (Å²) in [6.45, 7) is 1.68. The first-order chi connectivity index (χ1) is 7.93. The molecule has 0 atom stereocenters. The van der Waals surface area contributed by atoms with E-state index in [2.05, 4.69) is 4.99 Å². The van der Waals surface area contributed by atoms with Crippen molar-refractivity contribution in [3.05, 3.63) is 26.4 Å². The Hall–Kier alpha value is -1.85. The zero-order chi connectivity index (χ0) is 12.7. The fourth-order valence-corrected chi connectivity index (χ4v) is 1.69. The maximum Gasteiger partial charge on any atom is 0.333 e. The molecule has 6 nitrogen and oxygen atoms in total. The van der Waals surface area contributed by atoms with E-state index in [4.69, 9.17) is 0 Å². The highest BCUT2D eigenvalue weighted by Crippen LogP contribution is 2.24. The lowest BCUT2D eigenvalue weighted by Crippen LogP contribution is -2.39. The van der Waals surface area contributed by atoms with Gasteiger partial charge in [0.2, 0.25) is 5.88 Å². The summed E-state index contributed by atoms with van der Waals surface area (Å²) in [6.07, 6.45) is 2.04. The molecule has 1 aromatic rings. The molecule has 2 rings (SSSR count). The van der Waals surface area contributed by atoms with E-state index in [1.165, 1.54) is 14.1 Å². The summed E-state index contributed by atoms with van der Waals surface area (Å²) < 4.78 is 2.02. The van der Waals surface area contributed by atoms with Gasteiger partial charge in [-0.15, -0.1) is 0 Å². The molecule has 1 saturated carbocycles. The molecule has 1 heterocycles. The van der Waals surface area contributed by atoms with Crippen molar-refractivity contribution in [2.75, 3.05) is 0 Å². The second-order valence-electron chi connectivity index (χ2n) is 4.35. The molecule has 0 radical (unpaired) electrons. The van der Waals surface area contributed by atoms with Gasteiger partial charge in [0, 0.05) is 14.1 Å². The molecule has 0 spiro atoms. The zero-order valence-corrected chi connectivity index (χ0v) is 10.1. The molecule has 1 aromatic heterocycles. The van der Waals surface area contributed by atoms with Crippen molar-refractivity contribution in [3.63, 3.8) is 0 Å². The van der Waals surface area contributed by atoms with Crippen LogP contribution in [0, 0.1) is 0 Å². The molecule has 0 saturated heterocycles. The lowest BCUT2D eigenvalue weighted by Gasteiger charge is -2.09. The number of aromatic nitrogens is 2. The number of aliphatic imine (C=N–C) groups is 1. The lowest BCUT2D eigenvalue weighted by molar-refractivity contribution is 0.410. The predicted octanol–water partition coefficient (Wildman–Crippen LogP) is -0.239. The van der Waals surface area contributed by atoms with Crippen molar-refractivity contribution < 1.29 is 5.11 Å². The van der Waals surface area contributed by atoms with Crippen LogP contribution in [0.2, 0.25) is 0 Å². The third kappa shape index (κ3) is 1.90. The summed E-state index contributed by atoms with van der Waals surface area (Å²) in [5.41, 5.74) is -0.453. The van der Waals surface area contributed by atoms with Crippen molar-refractivity contribution >= 4 is 5.71 Å². The second kappa shape index (κ2) is 3.87. The molecule has 0 bridgehead atoms.